The van der Waals surface area contributed by atoms with Gasteiger partial charge in [0.15, 0.2) is 14.6 Å². The summed E-state index contributed by atoms with van der Waals surface area (Å²) in [5.41, 5.74) is -0.931. The highest BCUT2D eigenvalue weighted by Crippen LogP contribution is 2.46. The van der Waals surface area contributed by atoms with E-state index >= 15 is 0 Å². The molecule has 0 radical (unpaired) electrons. The SMILES string of the molecule is O=C(O)C1(CNC(=O)C2(S(=O)(=O)c3ccc(Cl)cc3)CCCC2)CC1. The minimum Gasteiger partial charge on any atom is -0.481 e. The Labute approximate surface area is 151 Å². The summed E-state index contributed by atoms with van der Waals surface area (Å²) in [5.74, 6) is -1.54. The number of carboxylic acid groups (broad SMARTS) is 1. The van der Waals surface area contributed by atoms with E-state index in [0.29, 0.717) is 30.7 Å². The van der Waals surface area contributed by atoms with Gasteiger partial charge < -0.3 is 10.4 Å². The molecule has 0 saturated heterocycles. The molecule has 0 heterocycles. The first-order valence-electron chi connectivity index (χ1n) is 8.26. The van der Waals surface area contributed by atoms with E-state index in [2.05, 4.69) is 5.32 Å². The van der Waals surface area contributed by atoms with E-state index in [1.54, 1.807) is 0 Å². The Morgan fingerprint density at radius 2 is 1.64 bits per heavy atom. The summed E-state index contributed by atoms with van der Waals surface area (Å²) < 4.78 is 24.8. The van der Waals surface area contributed by atoms with Crippen molar-refractivity contribution in [3.8, 4) is 0 Å². The fourth-order valence-corrected chi connectivity index (χ4v) is 5.64. The van der Waals surface area contributed by atoms with Crippen LogP contribution in [0.3, 0.4) is 0 Å². The molecule has 3 rings (SSSR count). The third-order valence-corrected chi connectivity index (χ3v) is 8.13. The van der Waals surface area contributed by atoms with Gasteiger partial charge in [-0.1, -0.05) is 24.4 Å². The van der Waals surface area contributed by atoms with Gasteiger partial charge in [0.05, 0.1) is 10.3 Å². The molecule has 2 fully saturated rings. The first-order chi connectivity index (χ1) is 11.7. The highest BCUT2D eigenvalue weighted by Gasteiger charge is 2.55. The first kappa shape index (κ1) is 18.2. The summed E-state index contributed by atoms with van der Waals surface area (Å²) >= 11 is 5.83. The zero-order valence-electron chi connectivity index (χ0n) is 13.6. The Bertz CT molecular complexity index is 793. The van der Waals surface area contributed by atoms with E-state index in [1.165, 1.54) is 24.3 Å². The number of sulfone groups is 1. The van der Waals surface area contributed by atoms with Crippen LogP contribution in [0.5, 0.6) is 0 Å². The zero-order valence-corrected chi connectivity index (χ0v) is 15.2. The number of hydrogen-bond acceptors (Lipinski definition) is 4. The lowest BCUT2D eigenvalue weighted by Crippen LogP contribution is -2.52. The van der Waals surface area contributed by atoms with Crippen LogP contribution in [0.15, 0.2) is 29.2 Å². The van der Waals surface area contributed by atoms with E-state index in [-0.39, 0.29) is 24.3 Å². The van der Waals surface area contributed by atoms with Gasteiger partial charge >= 0.3 is 5.97 Å². The zero-order chi connectivity index (χ0) is 18.3. The number of halogens is 1. The van der Waals surface area contributed by atoms with Crippen molar-refractivity contribution >= 4 is 33.3 Å². The number of benzene rings is 1. The molecule has 2 aliphatic carbocycles. The largest absolute Gasteiger partial charge is 0.481 e. The van der Waals surface area contributed by atoms with Gasteiger partial charge in [-0.3, -0.25) is 9.59 Å². The Kier molecular flexibility index (Phi) is 4.58. The molecular weight excluding hydrogens is 366 g/mol. The third kappa shape index (κ3) is 3.04. The smallest absolute Gasteiger partial charge is 0.311 e. The second kappa shape index (κ2) is 6.29. The van der Waals surface area contributed by atoms with Crippen molar-refractivity contribution in [1.29, 1.82) is 0 Å². The van der Waals surface area contributed by atoms with Crippen molar-refractivity contribution in [2.24, 2.45) is 5.41 Å². The number of aliphatic carboxylic acids is 1. The highest BCUT2D eigenvalue weighted by atomic mass is 35.5. The average Bonchev–Trinajstić information content (AvgIpc) is 3.20. The normalized spacial score (nSPS) is 20.8. The van der Waals surface area contributed by atoms with Crippen LogP contribution in [-0.4, -0.2) is 36.7 Å². The van der Waals surface area contributed by atoms with Crippen LogP contribution in [-0.2, 0) is 19.4 Å². The molecule has 0 unspecified atom stereocenters. The van der Waals surface area contributed by atoms with Crippen LogP contribution >= 0.6 is 11.6 Å². The molecule has 1 aromatic carbocycles. The molecule has 6 nitrogen and oxygen atoms in total. The molecule has 2 aliphatic rings. The Balaban J connectivity index is 1.87. The van der Waals surface area contributed by atoms with E-state index in [4.69, 9.17) is 11.6 Å². The summed E-state index contributed by atoms with van der Waals surface area (Å²) in [6.45, 7) is -0.0287. The van der Waals surface area contributed by atoms with Crippen LogP contribution in [0.1, 0.15) is 38.5 Å². The van der Waals surface area contributed by atoms with E-state index in [1.807, 2.05) is 0 Å². The lowest BCUT2D eigenvalue weighted by Gasteiger charge is -2.28. The Morgan fingerprint density at radius 1 is 1.08 bits per heavy atom. The number of rotatable bonds is 6. The molecule has 0 aliphatic heterocycles. The maximum atomic E-state index is 13.2. The van der Waals surface area contributed by atoms with Gasteiger partial charge in [0.2, 0.25) is 5.91 Å². The highest BCUT2D eigenvalue weighted by molar-refractivity contribution is 7.93. The van der Waals surface area contributed by atoms with Gasteiger partial charge in [-0.25, -0.2) is 8.42 Å². The maximum absolute atomic E-state index is 13.2. The van der Waals surface area contributed by atoms with Crippen molar-refractivity contribution in [2.45, 2.75) is 48.2 Å². The lowest BCUT2D eigenvalue weighted by molar-refractivity contribution is -0.143. The van der Waals surface area contributed by atoms with Crippen LogP contribution < -0.4 is 5.32 Å². The standard InChI is InChI=1S/C17H20ClNO5S/c18-12-3-5-13(6-4-12)25(23,24)17(7-1-2-8-17)14(20)19-11-16(9-10-16)15(21)22/h3-6H,1-2,7-11H2,(H,19,20)(H,21,22). The van der Waals surface area contributed by atoms with E-state index < -0.39 is 31.9 Å². The molecular formula is C17H20ClNO5S. The lowest BCUT2D eigenvalue weighted by atomic mass is 10.0. The van der Waals surface area contributed by atoms with Crippen molar-refractivity contribution in [1.82, 2.24) is 5.32 Å². The fraction of sp³-hybridized carbons (Fsp3) is 0.529. The summed E-state index contributed by atoms with van der Waals surface area (Å²) in [7, 11) is -3.90. The molecule has 0 aromatic heterocycles. The number of carbonyl (C=O) groups excluding carboxylic acids is 1. The van der Waals surface area contributed by atoms with Crippen molar-refractivity contribution in [3.63, 3.8) is 0 Å². The second-order valence-electron chi connectivity index (χ2n) is 6.93. The van der Waals surface area contributed by atoms with Crippen molar-refractivity contribution in [2.75, 3.05) is 6.54 Å². The molecule has 1 aromatic rings. The molecule has 25 heavy (non-hydrogen) atoms. The van der Waals surface area contributed by atoms with Gasteiger partial charge in [-0.05, 0) is 49.9 Å². The van der Waals surface area contributed by atoms with Gasteiger partial charge in [0.25, 0.3) is 0 Å². The summed E-state index contributed by atoms with van der Waals surface area (Å²) in [4.78, 5) is 24.2. The average molecular weight is 386 g/mol. The van der Waals surface area contributed by atoms with Crippen LogP contribution in [0.2, 0.25) is 5.02 Å². The van der Waals surface area contributed by atoms with Crippen LogP contribution in [0.4, 0.5) is 0 Å². The minimum atomic E-state index is -3.90. The van der Waals surface area contributed by atoms with E-state index in [9.17, 15) is 23.1 Å². The predicted molar refractivity (Wildman–Crippen MR) is 92.1 cm³/mol. The molecule has 0 atom stereocenters. The van der Waals surface area contributed by atoms with Gasteiger partial charge in [0, 0.05) is 11.6 Å². The second-order valence-corrected chi connectivity index (χ2v) is 9.62. The summed E-state index contributed by atoms with van der Waals surface area (Å²) in [6, 6.07) is 5.78. The van der Waals surface area contributed by atoms with E-state index in [0.717, 1.165) is 0 Å². The number of amides is 1. The number of carboxylic acids is 1. The molecule has 0 bridgehead atoms. The molecule has 136 valence electrons. The predicted octanol–water partition coefficient (Wildman–Crippen LogP) is 2.41. The van der Waals surface area contributed by atoms with Crippen LogP contribution in [0, 0.1) is 5.41 Å². The van der Waals surface area contributed by atoms with Crippen LogP contribution in [0.25, 0.3) is 0 Å². The maximum Gasteiger partial charge on any atom is 0.311 e. The molecule has 0 spiro atoms. The van der Waals surface area contributed by atoms with Crippen molar-refractivity contribution < 1.29 is 23.1 Å². The van der Waals surface area contributed by atoms with Gasteiger partial charge in [-0.15, -0.1) is 0 Å². The summed E-state index contributed by atoms with van der Waals surface area (Å²) in [6.07, 6.45) is 2.77. The Morgan fingerprint density at radius 3 is 2.12 bits per heavy atom. The first-order valence-corrected chi connectivity index (χ1v) is 10.1. The number of hydrogen-bond donors (Lipinski definition) is 2. The Hall–Kier alpha value is -1.60. The molecule has 2 saturated carbocycles. The quantitative estimate of drug-likeness (QED) is 0.783. The summed E-state index contributed by atoms with van der Waals surface area (Å²) in [5, 5.41) is 12.3. The van der Waals surface area contributed by atoms with Gasteiger partial charge in [-0.2, -0.15) is 0 Å². The minimum absolute atomic E-state index is 0.0287. The monoisotopic (exact) mass is 385 g/mol. The fourth-order valence-electron chi connectivity index (χ4n) is 3.43. The molecule has 8 heteroatoms. The third-order valence-electron chi connectivity index (χ3n) is 5.36. The topological polar surface area (TPSA) is 101 Å². The molecule has 1 amide bonds. The van der Waals surface area contributed by atoms with Crippen molar-refractivity contribution in [3.05, 3.63) is 29.3 Å². The number of carbonyl (C=O) groups is 2. The molecule has 2 N–H and O–H groups in total. The number of nitrogens with one attached hydrogen (secondary N) is 1. The van der Waals surface area contributed by atoms with Gasteiger partial charge in [0.1, 0.15) is 0 Å².